The molecule has 0 aromatic rings. The van der Waals surface area contributed by atoms with Crippen molar-refractivity contribution in [3.05, 3.63) is 6.92 Å². The van der Waals surface area contributed by atoms with Gasteiger partial charge in [0.2, 0.25) is 5.91 Å². The smallest absolute Gasteiger partial charge is 0.229 e. The molecule has 1 radical (unpaired) electrons. The molecule has 0 bridgehead atoms. The van der Waals surface area contributed by atoms with Crippen molar-refractivity contribution in [3.63, 3.8) is 0 Å². The third-order valence-corrected chi connectivity index (χ3v) is 1.33. The van der Waals surface area contributed by atoms with Gasteiger partial charge in [0.1, 0.15) is 0 Å². The lowest BCUT2D eigenvalue weighted by Gasteiger charge is -1.99. The van der Waals surface area contributed by atoms with E-state index >= 15 is 0 Å². The summed E-state index contributed by atoms with van der Waals surface area (Å²) in [5.41, 5.74) is 0. The minimum atomic E-state index is 0.103. The van der Waals surface area contributed by atoms with Crippen LogP contribution in [-0.2, 0) is 4.79 Å². The predicted molar refractivity (Wildman–Crippen MR) is 41.4 cm³/mol. The molecule has 0 aliphatic rings. The van der Waals surface area contributed by atoms with E-state index in [-0.39, 0.29) is 5.91 Å². The number of hydrogen-bond donors (Lipinski definition) is 1. The molecule has 0 aliphatic heterocycles. The Kier molecular flexibility index (Phi) is 5.83. The van der Waals surface area contributed by atoms with Crippen molar-refractivity contribution in [2.24, 2.45) is 0 Å². The molecule has 53 valence electrons. The summed E-state index contributed by atoms with van der Waals surface area (Å²) in [5.74, 6) is 0.658. The average molecular weight is 146 g/mol. The topological polar surface area (TPSA) is 29.1 Å². The highest BCUT2D eigenvalue weighted by Gasteiger charge is 1.94. The van der Waals surface area contributed by atoms with Gasteiger partial charge >= 0.3 is 0 Å². The normalized spacial score (nSPS) is 9.11. The zero-order valence-corrected chi connectivity index (χ0v) is 6.46. The van der Waals surface area contributed by atoms with E-state index in [0.29, 0.717) is 12.3 Å². The van der Waals surface area contributed by atoms with Crippen LogP contribution in [0.2, 0.25) is 0 Å². The second kappa shape index (κ2) is 5.95. The monoisotopic (exact) mass is 146 g/mol. The van der Waals surface area contributed by atoms with Gasteiger partial charge in [0.05, 0.1) is 5.75 Å². The third-order valence-electron chi connectivity index (χ3n) is 0.774. The van der Waals surface area contributed by atoms with Crippen molar-refractivity contribution < 1.29 is 4.79 Å². The number of carbonyl (C=O) groups excluding carboxylic acids is 1. The second-order valence-corrected chi connectivity index (χ2v) is 2.50. The lowest BCUT2D eigenvalue weighted by Crippen LogP contribution is -2.25. The Labute approximate surface area is 60.4 Å². The van der Waals surface area contributed by atoms with Crippen LogP contribution in [0.5, 0.6) is 0 Å². The number of thioether (sulfide) groups is 1. The lowest BCUT2D eigenvalue weighted by molar-refractivity contribution is -0.118. The Morgan fingerprint density at radius 3 is 2.89 bits per heavy atom. The fourth-order valence-corrected chi connectivity index (χ4v) is 0.774. The van der Waals surface area contributed by atoms with Crippen molar-refractivity contribution in [2.45, 2.75) is 6.42 Å². The van der Waals surface area contributed by atoms with Crippen molar-refractivity contribution in [2.75, 3.05) is 18.6 Å². The summed E-state index contributed by atoms with van der Waals surface area (Å²) in [6.45, 7) is 4.29. The maximum Gasteiger partial charge on any atom is 0.229 e. The van der Waals surface area contributed by atoms with Gasteiger partial charge in [-0.15, -0.1) is 0 Å². The minimum Gasteiger partial charge on any atom is -0.355 e. The Morgan fingerprint density at radius 2 is 2.44 bits per heavy atom. The van der Waals surface area contributed by atoms with Gasteiger partial charge in [0.25, 0.3) is 0 Å². The lowest BCUT2D eigenvalue weighted by atomic mass is 10.5. The molecule has 0 fully saturated rings. The van der Waals surface area contributed by atoms with Crippen molar-refractivity contribution in [1.82, 2.24) is 5.32 Å². The van der Waals surface area contributed by atoms with Gasteiger partial charge in [-0.1, -0.05) is 6.92 Å². The standard InChI is InChI=1S/C6H12NOS/c1-3-4-7-6(8)5-9-2/h1,3-5H2,2H3,(H,7,8). The SMILES string of the molecule is [CH2]CCNC(=O)CSC. The molecule has 1 amide bonds. The number of nitrogens with one attached hydrogen (secondary N) is 1. The molecule has 0 aliphatic carbocycles. The van der Waals surface area contributed by atoms with E-state index < -0.39 is 0 Å². The van der Waals surface area contributed by atoms with Crippen LogP contribution in [0.3, 0.4) is 0 Å². The summed E-state index contributed by atoms with van der Waals surface area (Å²) in [7, 11) is 0. The fraction of sp³-hybridized carbons (Fsp3) is 0.667. The molecule has 1 N–H and O–H groups in total. The Balaban J connectivity index is 3.06. The zero-order valence-electron chi connectivity index (χ0n) is 5.64. The number of amides is 1. The molecule has 0 saturated heterocycles. The fourth-order valence-electron chi connectivity index (χ4n) is 0.410. The van der Waals surface area contributed by atoms with Gasteiger partial charge in [-0.05, 0) is 12.7 Å². The van der Waals surface area contributed by atoms with Crippen LogP contribution in [0.1, 0.15) is 6.42 Å². The van der Waals surface area contributed by atoms with E-state index in [1.54, 1.807) is 0 Å². The first-order valence-corrected chi connectivity index (χ1v) is 4.25. The zero-order chi connectivity index (χ0) is 7.11. The molecule has 2 nitrogen and oxygen atoms in total. The Bertz CT molecular complexity index is 85.1. The molecule has 0 spiro atoms. The molecule has 0 aromatic carbocycles. The largest absolute Gasteiger partial charge is 0.355 e. The summed E-state index contributed by atoms with van der Waals surface area (Å²) in [5, 5.41) is 2.71. The van der Waals surface area contributed by atoms with E-state index in [2.05, 4.69) is 12.2 Å². The van der Waals surface area contributed by atoms with Crippen LogP contribution < -0.4 is 5.32 Å². The van der Waals surface area contributed by atoms with E-state index in [0.717, 1.165) is 6.42 Å². The van der Waals surface area contributed by atoms with Crippen molar-refractivity contribution >= 4 is 17.7 Å². The molecule has 0 atom stereocenters. The maximum atomic E-state index is 10.6. The van der Waals surface area contributed by atoms with Gasteiger partial charge in [-0.25, -0.2) is 0 Å². The molecule has 0 aromatic heterocycles. The van der Waals surface area contributed by atoms with E-state index in [9.17, 15) is 4.79 Å². The van der Waals surface area contributed by atoms with E-state index in [1.807, 2.05) is 6.26 Å². The quantitative estimate of drug-likeness (QED) is 0.632. The van der Waals surface area contributed by atoms with Crippen LogP contribution >= 0.6 is 11.8 Å². The summed E-state index contributed by atoms with van der Waals surface area (Å²) in [6.07, 6.45) is 2.67. The highest BCUT2D eigenvalue weighted by molar-refractivity contribution is 7.99. The highest BCUT2D eigenvalue weighted by Crippen LogP contribution is 1.88. The summed E-state index contributed by atoms with van der Waals surface area (Å²) in [4.78, 5) is 10.6. The van der Waals surface area contributed by atoms with Crippen LogP contribution in [0.15, 0.2) is 0 Å². The Hall–Kier alpha value is -0.180. The maximum absolute atomic E-state index is 10.6. The molecule has 0 heterocycles. The van der Waals surface area contributed by atoms with Crippen LogP contribution in [0.25, 0.3) is 0 Å². The van der Waals surface area contributed by atoms with Gasteiger partial charge in [-0.3, -0.25) is 4.79 Å². The molecule has 0 rings (SSSR count). The van der Waals surface area contributed by atoms with Crippen LogP contribution in [-0.4, -0.2) is 24.5 Å². The van der Waals surface area contributed by atoms with Crippen molar-refractivity contribution in [1.29, 1.82) is 0 Å². The van der Waals surface area contributed by atoms with Crippen molar-refractivity contribution in [3.8, 4) is 0 Å². The van der Waals surface area contributed by atoms with Gasteiger partial charge in [0.15, 0.2) is 0 Å². The molecule has 3 heteroatoms. The second-order valence-electron chi connectivity index (χ2n) is 1.64. The minimum absolute atomic E-state index is 0.103. The third kappa shape index (κ3) is 5.69. The first kappa shape index (κ1) is 8.82. The number of hydrogen-bond acceptors (Lipinski definition) is 2. The molecular formula is C6H12NOS. The average Bonchev–Trinajstić information content (AvgIpc) is 1.85. The summed E-state index contributed by atoms with van der Waals surface area (Å²) < 4.78 is 0. The molecule has 0 unspecified atom stereocenters. The number of rotatable bonds is 4. The van der Waals surface area contributed by atoms with E-state index in [4.69, 9.17) is 0 Å². The first-order valence-electron chi connectivity index (χ1n) is 2.86. The highest BCUT2D eigenvalue weighted by atomic mass is 32.2. The van der Waals surface area contributed by atoms with E-state index in [1.165, 1.54) is 11.8 Å². The van der Waals surface area contributed by atoms with Crippen LogP contribution in [0, 0.1) is 6.92 Å². The molecule has 0 saturated carbocycles. The molecular weight excluding hydrogens is 134 g/mol. The molecule has 9 heavy (non-hydrogen) atoms. The summed E-state index contributed by atoms with van der Waals surface area (Å²) >= 11 is 1.53. The Morgan fingerprint density at radius 1 is 1.78 bits per heavy atom. The van der Waals surface area contributed by atoms with Gasteiger partial charge in [-0.2, -0.15) is 11.8 Å². The predicted octanol–water partition coefficient (Wildman–Crippen LogP) is 0.690. The summed E-state index contributed by atoms with van der Waals surface area (Å²) in [6, 6.07) is 0. The number of carbonyl (C=O) groups is 1. The first-order chi connectivity index (χ1) is 4.31. The van der Waals surface area contributed by atoms with Gasteiger partial charge < -0.3 is 5.32 Å². The van der Waals surface area contributed by atoms with Gasteiger partial charge in [0, 0.05) is 6.54 Å². The van der Waals surface area contributed by atoms with Crippen LogP contribution in [0.4, 0.5) is 0 Å².